The van der Waals surface area contributed by atoms with Crippen molar-refractivity contribution in [1.82, 2.24) is 9.88 Å². The molecule has 28 heavy (non-hydrogen) atoms. The first kappa shape index (κ1) is 20.0. The Morgan fingerprint density at radius 2 is 1.96 bits per heavy atom. The molecule has 0 N–H and O–H groups in total. The topological polar surface area (TPSA) is 92.7 Å². The van der Waals surface area contributed by atoms with Crippen molar-refractivity contribution in [1.29, 1.82) is 0 Å². The van der Waals surface area contributed by atoms with E-state index in [2.05, 4.69) is 23.7 Å². The lowest BCUT2D eigenvalue weighted by Gasteiger charge is -2.24. The van der Waals surface area contributed by atoms with E-state index in [1.807, 2.05) is 25.1 Å². The number of hydrogen-bond acceptors (Lipinski definition) is 7. The Morgan fingerprint density at radius 1 is 1.21 bits per heavy atom. The first-order chi connectivity index (χ1) is 13.4. The number of rotatable bonds is 8. The van der Waals surface area contributed by atoms with E-state index >= 15 is 0 Å². The minimum atomic E-state index is -0.655. The maximum Gasteiger partial charge on any atom is 0.433 e. The van der Waals surface area contributed by atoms with Crippen LogP contribution in [0.5, 0.6) is 0 Å². The number of fused-ring (bicyclic) bond motifs is 1. The van der Waals surface area contributed by atoms with E-state index < -0.39 is 16.7 Å². The molecule has 0 aliphatic carbocycles. The maximum atomic E-state index is 13.1. The summed E-state index contributed by atoms with van der Waals surface area (Å²) in [6.07, 6.45) is 0. The average Bonchev–Trinajstić information content (AvgIpc) is 3.33. The number of nitrogens with zero attached hydrogens (tertiary/aromatic N) is 4. The minimum Gasteiger partial charge on any atom is -0.395 e. The number of carbonyl (C=O) groups is 1. The van der Waals surface area contributed by atoms with Crippen molar-refractivity contribution < 1.29 is 14.1 Å². The Hall–Kier alpha value is -2.78. The molecule has 0 bridgehead atoms. The molecule has 0 atom stereocenters. The number of furan rings is 1. The van der Waals surface area contributed by atoms with Gasteiger partial charge in [-0.25, -0.2) is 4.98 Å². The van der Waals surface area contributed by atoms with Gasteiger partial charge in [0, 0.05) is 13.1 Å². The summed E-state index contributed by atoms with van der Waals surface area (Å²) in [4.78, 5) is 31.7. The molecule has 0 fully saturated rings. The summed E-state index contributed by atoms with van der Waals surface area (Å²) in [5, 5.41) is 11.5. The lowest BCUT2D eigenvalue weighted by Crippen LogP contribution is -2.38. The zero-order valence-corrected chi connectivity index (χ0v) is 16.9. The van der Waals surface area contributed by atoms with Gasteiger partial charge in [-0.3, -0.25) is 19.8 Å². The second-order valence-corrected chi connectivity index (χ2v) is 7.31. The zero-order chi connectivity index (χ0) is 20.3. The van der Waals surface area contributed by atoms with Gasteiger partial charge in [-0.05, 0) is 37.7 Å². The number of amides is 1. The standard InChI is InChI=1S/C19H22N4O4S/c1-4-21(5-2)11-12-22(18(24)14-9-10-16(27-14)23(25)26)19-20-17-13(3)7-6-8-15(17)28-19/h6-10H,4-5,11-12H2,1-3H3. The van der Waals surface area contributed by atoms with Crippen molar-refractivity contribution in [3.63, 3.8) is 0 Å². The van der Waals surface area contributed by atoms with E-state index in [1.165, 1.54) is 23.5 Å². The Balaban J connectivity index is 1.96. The number of carbonyl (C=O) groups excluding carboxylic acids is 1. The highest BCUT2D eigenvalue weighted by Crippen LogP contribution is 2.31. The van der Waals surface area contributed by atoms with Gasteiger partial charge >= 0.3 is 5.88 Å². The summed E-state index contributed by atoms with van der Waals surface area (Å²) in [5.41, 5.74) is 1.89. The molecule has 3 rings (SSSR count). The highest BCUT2D eigenvalue weighted by molar-refractivity contribution is 7.22. The molecule has 2 aromatic heterocycles. The first-order valence-corrected chi connectivity index (χ1v) is 9.90. The number of aromatic nitrogens is 1. The van der Waals surface area contributed by atoms with Crippen LogP contribution < -0.4 is 4.90 Å². The third kappa shape index (κ3) is 4.05. The van der Waals surface area contributed by atoms with Crippen LogP contribution in [-0.4, -0.2) is 46.9 Å². The first-order valence-electron chi connectivity index (χ1n) is 9.09. The van der Waals surface area contributed by atoms with Crippen molar-refractivity contribution in [2.24, 2.45) is 0 Å². The summed E-state index contributed by atoms with van der Waals surface area (Å²) < 4.78 is 6.13. The number of nitro groups is 1. The molecule has 0 radical (unpaired) electrons. The van der Waals surface area contributed by atoms with Gasteiger partial charge in [0.05, 0.1) is 16.3 Å². The Bertz CT molecular complexity index is 993. The van der Waals surface area contributed by atoms with Gasteiger partial charge in [-0.15, -0.1) is 0 Å². The molecule has 0 aliphatic rings. The zero-order valence-electron chi connectivity index (χ0n) is 16.0. The van der Waals surface area contributed by atoms with E-state index in [-0.39, 0.29) is 5.76 Å². The number of thiazole rings is 1. The van der Waals surface area contributed by atoms with E-state index in [1.54, 1.807) is 4.90 Å². The number of anilines is 1. The Labute approximate surface area is 166 Å². The van der Waals surface area contributed by atoms with Crippen molar-refractivity contribution in [2.45, 2.75) is 20.8 Å². The molecule has 2 heterocycles. The summed E-state index contributed by atoms with van der Waals surface area (Å²) >= 11 is 1.42. The van der Waals surface area contributed by atoms with E-state index in [0.29, 0.717) is 18.2 Å². The van der Waals surface area contributed by atoms with Gasteiger partial charge < -0.3 is 9.32 Å². The highest BCUT2D eigenvalue weighted by atomic mass is 32.1. The quantitative estimate of drug-likeness (QED) is 0.416. The SMILES string of the molecule is CCN(CC)CCN(C(=O)c1ccc([N+](=O)[O-])o1)c1nc2c(C)cccc2s1. The second-order valence-electron chi connectivity index (χ2n) is 6.30. The van der Waals surface area contributed by atoms with Crippen LogP contribution in [-0.2, 0) is 0 Å². The van der Waals surface area contributed by atoms with E-state index in [4.69, 9.17) is 4.42 Å². The smallest absolute Gasteiger partial charge is 0.395 e. The summed E-state index contributed by atoms with van der Waals surface area (Å²) in [6.45, 7) is 8.90. The molecule has 0 saturated heterocycles. The van der Waals surface area contributed by atoms with E-state index in [0.717, 1.165) is 28.9 Å². The predicted molar refractivity (Wildman–Crippen MR) is 109 cm³/mol. The van der Waals surface area contributed by atoms with Gasteiger partial charge in [0.1, 0.15) is 4.92 Å². The van der Waals surface area contributed by atoms with E-state index in [9.17, 15) is 14.9 Å². The van der Waals surface area contributed by atoms with Crippen LogP contribution in [0.25, 0.3) is 10.2 Å². The third-order valence-corrected chi connectivity index (χ3v) is 5.65. The fourth-order valence-corrected chi connectivity index (χ4v) is 4.00. The minimum absolute atomic E-state index is 0.0674. The molecule has 0 saturated carbocycles. The fourth-order valence-electron chi connectivity index (χ4n) is 2.93. The van der Waals surface area contributed by atoms with Gasteiger partial charge in [-0.1, -0.05) is 37.3 Å². The Kier molecular flexibility index (Phi) is 6.05. The molecule has 1 amide bonds. The normalized spacial score (nSPS) is 11.3. The molecule has 0 aliphatic heterocycles. The van der Waals surface area contributed by atoms with Gasteiger partial charge in [0.15, 0.2) is 10.9 Å². The molecule has 0 spiro atoms. The lowest BCUT2D eigenvalue weighted by atomic mass is 10.2. The Morgan fingerprint density at radius 3 is 2.57 bits per heavy atom. The summed E-state index contributed by atoms with van der Waals surface area (Å²) in [6, 6.07) is 8.43. The van der Waals surface area contributed by atoms with Gasteiger partial charge in [-0.2, -0.15) is 0 Å². The highest BCUT2D eigenvalue weighted by Gasteiger charge is 2.26. The van der Waals surface area contributed by atoms with Crippen LogP contribution in [0.2, 0.25) is 0 Å². The van der Waals surface area contributed by atoms with Crippen molar-refractivity contribution >= 4 is 38.5 Å². The number of hydrogen-bond donors (Lipinski definition) is 0. The summed E-state index contributed by atoms with van der Waals surface area (Å²) in [5.74, 6) is -0.952. The van der Waals surface area contributed by atoms with Gasteiger partial charge in [0.2, 0.25) is 0 Å². The van der Waals surface area contributed by atoms with Crippen LogP contribution in [0.3, 0.4) is 0 Å². The van der Waals surface area contributed by atoms with Crippen molar-refractivity contribution in [3.8, 4) is 0 Å². The average molecular weight is 402 g/mol. The number of aryl methyl sites for hydroxylation is 1. The molecule has 148 valence electrons. The third-order valence-electron chi connectivity index (χ3n) is 4.60. The number of likely N-dealkylation sites (N-methyl/N-ethyl adjacent to an activating group) is 1. The van der Waals surface area contributed by atoms with Crippen molar-refractivity contribution in [3.05, 3.63) is 51.8 Å². The molecule has 9 heteroatoms. The molecular formula is C19H22N4O4S. The van der Waals surface area contributed by atoms with Crippen molar-refractivity contribution in [2.75, 3.05) is 31.1 Å². The van der Waals surface area contributed by atoms with Crippen LogP contribution in [0.15, 0.2) is 34.7 Å². The van der Waals surface area contributed by atoms with Crippen LogP contribution in [0.4, 0.5) is 11.0 Å². The number of benzene rings is 1. The molecule has 8 nitrogen and oxygen atoms in total. The number of para-hydroxylation sites is 1. The molecule has 1 aromatic carbocycles. The maximum absolute atomic E-state index is 13.1. The molecule has 0 unspecified atom stereocenters. The second kappa shape index (κ2) is 8.49. The van der Waals surface area contributed by atoms with Crippen LogP contribution in [0.1, 0.15) is 30.0 Å². The monoisotopic (exact) mass is 402 g/mol. The largest absolute Gasteiger partial charge is 0.433 e. The van der Waals surface area contributed by atoms with Crippen LogP contribution >= 0.6 is 11.3 Å². The lowest BCUT2D eigenvalue weighted by molar-refractivity contribution is -0.402. The molecule has 3 aromatic rings. The summed E-state index contributed by atoms with van der Waals surface area (Å²) in [7, 11) is 0. The fraction of sp³-hybridized carbons (Fsp3) is 0.368. The predicted octanol–water partition coefficient (Wildman–Crippen LogP) is 4.09. The van der Waals surface area contributed by atoms with Crippen LogP contribution in [0, 0.1) is 17.0 Å². The van der Waals surface area contributed by atoms with Gasteiger partial charge in [0.25, 0.3) is 5.91 Å². The molecular weight excluding hydrogens is 380 g/mol.